The van der Waals surface area contributed by atoms with Crippen molar-refractivity contribution in [3.63, 3.8) is 0 Å². The summed E-state index contributed by atoms with van der Waals surface area (Å²) in [6.45, 7) is 5.68. The van der Waals surface area contributed by atoms with Crippen molar-refractivity contribution in [3.8, 4) is 0 Å². The highest BCUT2D eigenvalue weighted by Crippen LogP contribution is 2.23. The average Bonchev–Trinajstić information content (AvgIpc) is 2.55. The van der Waals surface area contributed by atoms with Gasteiger partial charge in [-0.05, 0) is 19.3 Å². The van der Waals surface area contributed by atoms with Crippen LogP contribution in [-0.4, -0.2) is 84.3 Å². The second kappa shape index (κ2) is 12.1. The summed E-state index contributed by atoms with van der Waals surface area (Å²) in [7, 11) is 0. The van der Waals surface area contributed by atoms with Crippen LogP contribution in [0.5, 0.6) is 0 Å². The molecule has 0 amide bonds. The zero-order valence-corrected chi connectivity index (χ0v) is 14.0. The van der Waals surface area contributed by atoms with E-state index >= 15 is 0 Å². The first-order chi connectivity index (χ1) is 11.4. The molecule has 0 radical (unpaired) electrons. The molecule has 7 nitrogen and oxygen atoms in total. The number of hydrogen-bond acceptors (Lipinski definition) is 7. The number of nitrogens with two attached hydrogens (primary N) is 1. The van der Waals surface area contributed by atoms with Crippen molar-refractivity contribution in [3.05, 3.63) is 0 Å². The average molecular weight is 333 g/mol. The Morgan fingerprint density at radius 1 is 0.522 bits per heavy atom. The molecule has 1 saturated heterocycles. The van der Waals surface area contributed by atoms with Crippen molar-refractivity contribution in [2.75, 3.05) is 66.1 Å². The van der Waals surface area contributed by atoms with Gasteiger partial charge < -0.3 is 34.2 Å². The number of fused-ring (bicyclic) bond motifs is 1. The van der Waals surface area contributed by atoms with Gasteiger partial charge in [0.2, 0.25) is 0 Å². The van der Waals surface area contributed by atoms with Crippen LogP contribution in [-0.2, 0) is 28.4 Å². The summed E-state index contributed by atoms with van der Waals surface area (Å²) in [5.41, 5.74) is 6.05. The maximum Gasteiger partial charge on any atom is 0.0852 e. The third kappa shape index (κ3) is 8.39. The lowest BCUT2D eigenvalue weighted by Crippen LogP contribution is -2.43. The minimum Gasteiger partial charge on any atom is -0.377 e. The first-order valence-corrected chi connectivity index (χ1v) is 8.66. The second-order valence-corrected chi connectivity index (χ2v) is 5.84. The van der Waals surface area contributed by atoms with Crippen molar-refractivity contribution < 1.29 is 28.4 Å². The van der Waals surface area contributed by atoms with Gasteiger partial charge in [0.25, 0.3) is 0 Å². The number of rotatable bonds is 0. The van der Waals surface area contributed by atoms with E-state index in [1.165, 1.54) is 0 Å². The van der Waals surface area contributed by atoms with E-state index in [0.29, 0.717) is 66.1 Å². The van der Waals surface area contributed by atoms with Crippen molar-refractivity contribution in [2.24, 2.45) is 5.73 Å². The maximum atomic E-state index is 6.05. The Kier molecular flexibility index (Phi) is 10.1. The van der Waals surface area contributed by atoms with Crippen molar-refractivity contribution >= 4 is 0 Å². The molecule has 2 fully saturated rings. The quantitative estimate of drug-likeness (QED) is 0.685. The topological polar surface area (TPSA) is 81.4 Å². The Morgan fingerprint density at radius 2 is 0.957 bits per heavy atom. The molecule has 1 saturated carbocycles. The fourth-order valence-corrected chi connectivity index (χ4v) is 2.78. The van der Waals surface area contributed by atoms with Gasteiger partial charge in [-0.2, -0.15) is 0 Å². The predicted molar refractivity (Wildman–Crippen MR) is 84.6 cm³/mol. The highest BCUT2D eigenvalue weighted by molar-refractivity contribution is 4.83. The summed E-state index contributed by atoms with van der Waals surface area (Å²) in [5.74, 6) is 0. The molecule has 0 aromatic rings. The molecule has 1 aliphatic heterocycles. The summed E-state index contributed by atoms with van der Waals surface area (Å²) in [5, 5.41) is 0. The maximum absolute atomic E-state index is 6.05. The highest BCUT2D eigenvalue weighted by atomic mass is 16.6. The Labute approximate surface area is 138 Å². The lowest BCUT2D eigenvalue weighted by atomic mass is 9.91. The fourth-order valence-electron chi connectivity index (χ4n) is 2.78. The monoisotopic (exact) mass is 333 g/mol. The molecular formula is C16H31NO6. The fraction of sp³-hybridized carbons (Fsp3) is 1.00. The van der Waals surface area contributed by atoms with Crippen LogP contribution >= 0.6 is 0 Å². The molecule has 2 rings (SSSR count). The molecule has 0 spiro atoms. The third-order valence-electron chi connectivity index (χ3n) is 4.01. The van der Waals surface area contributed by atoms with Crippen molar-refractivity contribution in [1.82, 2.24) is 0 Å². The van der Waals surface area contributed by atoms with Gasteiger partial charge in [0, 0.05) is 6.04 Å². The van der Waals surface area contributed by atoms with Crippen molar-refractivity contribution in [1.29, 1.82) is 0 Å². The van der Waals surface area contributed by atoms with Crippen LogP contribution in [0.3, 0.4) is 0 Å². The van der Waals surface area contributed by atoms with Crippen LogP contribution in [0.2, 0.25) is 0 Å². The lowest BCUT2D eigenvalue weighted by molar-refractivity contribution is -0.115. The summed E-state index contributed by atoms with van der Waals surface area (Å²) in [4.78, 5) is 0. The third-order valence-corrected chi connectivity index (χ3v) is 4.01. The molecule has 7 heteroatoms. The standard InChI is InChI=1S/C16H31NO6/c17-14-1-2-15-16(13-14)23-12-10-21-8-6-19-4-3-18-5-7-20-9-11-22-15/h14-16H,1-13,17H2. The largest absolute Gasteiger partial charge is 0.377 e. The van der Waals surface area contributed by atoms with Gasteiger partial charge in [0.15, 0.2) is 0 Å². The van der Waals surface area contributed by atoms with Crippen LogP contribution in [0.15, 0.2) is 0 Å². The Balaban J connectivity index is 1.72. The van der Waals surface area contributed by atoms with E-state index in [9.17, 15) is 0 Å². The second-order valence-electron chi connectivity index (χ2n) is 5.84. The first-order valence-electron chi connectivity index (χ1n) is 8.66. The van der Waals surface area contributed by atoms with Gasteiger partial charge in [0.05, 0.1) is 78.3 Å². The zero-order valence-electron chi connectivity index (χ0n) is 14.0. The smallest absolute Gasteiger partial charge is 0.0852 e. The van der Waals surface area contributed by atoms with Gasteiger partial charge in [0.1, 0.15) is 0 Å². The number of hydrogen-bond donors (Lipinski definition) is 1. The molecule has 1 aliphatic carbocycles. The Hall–Kier alpha value is -0.280. The minimum atomic E-state index is 0.0424. The molecule has 1 heterocycles. The van der Waals surface area contributed by atoms with E-state index in [2.05, 4.69) is 0 Å². The van der Waals surface area contributed by atoms with Crippen molar-refractivity contribution in [2.45, 2.75) is 37.5 Å². The van der Waals surface area contributed by atoms with E-state index in [4.69, 9.17) is 34.2 Å². The SMILES string of the molecule is NC1CCC2OCCOCCOCCOCCOCCOC2C1. The Bertz CT molecular complexity index is 294. The molecule has 0 aromatic heterocycles. The molecule has 3 atom stereocenters. The Morgan fingerprint density at radius 3 is 1.48 bits per heavy atom. The molecule has 23 heavy (non-hydrogen) atoms. The van der Waals surface area contributed by atoms with E-state index in [1.807, 2.05) is 0 Å². The van der Waals surface area contributed by atoms with Gasteiger partial charge >= 0.3 is 0 Å². The first kappa shape index (κ1) is 19.1. The van der Waals surface area contributed by atoms with Crippen LogP contribution in [0.1, 0.15) is 19.3 Å². The van der Waals surface area contributed by atoms with Crippen LogP contribution < -0.4 is 5.73 Å². The summed E-state index contributed by atoms with van der Waals surface area (Å²) in [6.07, 6.45) is 2.89. The molecular weight excluding hydrogens is 302 g/mol. The van der Waals surface area contributed by atoms with Crippen LogP contribution in [0.25, 0.3) is 0 Å². The van der Waals surface area contributed by atoms with Crippen LogP contribution in [0, 0.1) is 0 Å². The van der Waals surface area contributed by atoms with Gasteiger partial charge in [-0.1, -0.05) is 0 Å². The van der Waals surface area contributed by atoms with Gasteiger partial charge in [-0.3, -0.25) is 0 Å². The van der Waals surface area contributed by atoms with Crippen LogP contribution in [0.4, 0.5) is 0 Å². The minimum absolute atomic E-state index is 0.0424. The molecule has 0 aromatic carbocycles. The normalized spacial score (nSPS) is 34.0. The van der Waals surface area contributed by atoms with E-state index in [-0.39, 0.29) is 18.2 Å². The predicted octanol–water partition coefficient (Wildman–Crippen LogP) is 0.348. The molecule has 2 aliphatic rings. The molecule has 3 unspecified atom stereocenters. The van der Waals surface area contributed by atoms with E-state index < -0.39 is 0 Å². The molecule has 0 bridgehead atoms. The summed E-state index contributed by atoms with van der Waals surface area (Å²) < 4.78 is 33.7. The van der Waals surface area contributed by atoms with Gasteiger partial charge in [-0.15, -0.1) is 0 Å². The lowest BCUT2D eigenvalue weighted by Gasteiger charge is -2.34. The molecule has 136 valence electrons. The highest BCUT2D eigenvalue weighted by Gasteiger charge is 2.30. The van der Waals surface area contributed by atoms with E-state index in [1.54, 1.807) is 0 Å². The summed E-state index contributed by atoms with van der Waals surface area (Å²) >= 11 is 0. The molecule has 2 N–H and O–H groups in total. The summed E-state index contributed by atoms with van der Waals surface area (Å²) in [6, 6.07) is 0.195. The zero-order chi connectivity index (χ0) is 16.2. The van der Waals surface area contributed by atoms with Gasteiger partial charge in [-0.25, -0.2) is 0 Å². The van der Waals surface area contributed by atoms with E-state index in [0.717, 1.165) is 19.3 Å². The number of ether oxygens (including phenoxy) is 6.